The van der Waals surface area contributed by atoms with E-state index in [9.17, 15) is 0 Å². The van der Waals surface area contributed by atoms with Crippen LogP contribution in [-0.2, 0) is 14.2 Å². The summed E-state index contributed by atoms with van der Waals surface area (Å²) in [7, 11) is 7.54. The minimum atomic E-state index is -0.0487. The maximum atomic E-state index is 5.58. The maximum absolute atomic E-state index is 5.58. The third kappa shape index (κ3) is 12.3. The van der Waals surface area contributed by atoms with E-state index < -0.39 is 0 Å². The lowest BCUT2D eigenvalue weighted by Gasteiger charge is -2.12. The standard InChI is InChI=1S/C12H29NO3Si/c1-13(2)7-5-8-16-9-6-10-17-11-12(14-3)15-4/h12H,5-11,17H2,1-4H3. The van der Waals surface area contributed by atoms with E-state index in [0.29, 0.717) is 0 Å². The van der Waals surface area contributed by atoms with Crippen molar-refractivity contribution in [2.75, 3.05) is 48.1 Å². The molecule has 104 valence electrons. The topological polar surface area (TPSA) is 30.9 Å². The van der Waals surface area contributed by atoms with Crippen molar-refractivity contribution in [2.24, 2.45) is 0 Å². The first kappa shape index (κ1) is 17.1. The summed E-state index contributed by atoms with van der Waals surface area (Å²) in [6, 6.07) is 2.42. The van der Waals surface area contributed by atoms with Gasteiger partial charge in [0, 0.05) is 37.0 Å². The van der Waals surface area contributed by atoms with Crippen LogP contribution in [0.25, 0.3) is 0 Å². The summed E-state index contributed by atoms with van der Waals surface area (Å²) in [4.78, 5) is 2.19. The van der Waals surface area contributed by atoms with E-state index in [2.05, 4.69) is 19.0 Å². The van der Waals surface area contributed by atoms with Crippen LogP contribution in [0, 0.1) is 0 Å². The molecule has 0 heterocycles. The van der Waals surface area contributed by atoms with E-state index in [1.54, 1.807) is 14.2 Å². The van der Waals surface area contributed by atoms with E-state index in [1.165, 1.54) is 12.5 Å². The lowest BCUT2D eigenvalue weighted by atomic mass is 10.4. The molecular weight excluding hydrogens is 234 g/mol. The van der Waals surface area contributed by atoms with Crippen molar-refractivity contribution < 1.29 is 14.2 Å². The van der Waals surface area contributed by atoms with Crippen LogP contribution in [0.2, 0.25) is 12.1 Å². The fraction of sp³-hybridized carbons (Fsp3) is 1.00. The Bertz CT molecular complexity index is 155. The zero-order chi connectivity index (χ0) is 12.9. The molecule has 0 fully saturated rings. The maximum Gasteiger partial charge on any atom is 0.153 e. The van der Waals surface area contributed by atoms with Gasteiger partial charge in [-0.1, -0.05) is 6.04 Å². The van der Waals surface area contributed by atoms with Crippen molar-refractivity contribution in [3.63, 3.8) is 0 Å². The van der Waals surface area contributed by atoms with Gasteiger partial charge in [0.25, 0.3) is 0 Å². The van der Waals surface area contributed by atoms with E-state index in [-0.39, 0.29) is 15.8 Å². The Morgan fingerprint density at radius 3 is 2.29 bits per heavy atom. The molecular formula is C12H29NO3Si. The first-order valence-electron chi connectivity index (χ1n) is 6.48. The summed E-state index contributed by atoms with van der Waals surface area (Å²) in [6.45, 7) is 2.90. The highest BCUT2D eigenvalue weighted by Gasteiger charge is 2.03. The van der Waals surface area contributed by atoms with Crippen LogP contribution in [0.4, 0.5) is 0 Å². The molecule has 5 heteroatoms. The fourth-order valence-corrected chi connectivity index (χ4v) is 3.26. The summed E-state index contributed by atoms with van der Waals surface area (Å²) in [5.41, 5.74) is 0. The molecule has 0 aromatic rings. The smallest absolute Gasteiger partial charge is 0.153 e. The van der Waals surface area contributed by atoms with Gasteiger partial charge in [0.05, 0.1) is 0 Å². The van der Waals surface area contributed by atoms with Gasteiger partial charge in [0.2, 0.25) is 0 Å². The second kappa shape index (κ2) is 12.5. The highest BCUT2D eigenvalue weighted by molar-refractivity contribution is 6.35. The second-order valence-electron chi connectivity index (χ2n) is 4.52. The molecule has 0 aliphatic heterocycles. The quantitative estimate of drug-likeness (QED) is 0.298. The van der Waals surface area contributed by atoms with Crippen LogP contribution in [0.5, 0.6) is 0 Å². The molecule has 0 aromatic carbocycles. The molecule has 0 spiro atoms. The minimum absolute atomic E-state index is 0.0164. The lowest BCUT2D eigenvalue weighted by Crippen LogP contribution is -2.15. The molecule has 0 aliphatic carbocycles. The molecule has 4 nitrogen and oxygen atoms in total. The average molecular weight is 263 g/mol. The summed E-state index contributed by atoms with van der Waals surface area (Å²) >= 11 is 0. The third-order valence-corrected chi connectivity index (χ3v) is 4.53. The van der Waals surface area contributed by atoms with Crippen molar-refractivity contribution in [3.05, 3.63) is 0 Å². The van der Waals surface area contributed by atoms with Gasteiger partial charge in [-0.2, -0.15) is 0 Å². The van der Waals surface area contributed by atoms with Crippen molar-refractivity contribution in [1.82, 2.24) is 4.90 Å². The van der Waals surface area contributed by atoms with Gasteiger partial charge >= 0.3 is 0 Å². The van der Waals surface area contributed by atoms with Crippen LogP contribution in [0.15, 0.2) is 0 Å². The Labute approximate surface area is 108 Å². The molecule has 0 bridgehead atoms. The van der Waals surface area contributed by atoms with Gasteiger partial charge in [0.1, 0.15) is 0 Å². The van der Waals surface area contributed by atoms with Crippen LogP contribution in [0.3, 0.4) is 0 Å². The van der Waals surface area contributed by atoms with E-state index in [0.717, 1.165) is 32.2 Å². The molecule has 0 saturated heterocycles. The molecule has 0 unspecified atom stereocenters. The Morgan fingerprint density at radius 1 is 1.06 bits per heavy atom. The number of hydrogen-bond acceptors (Lipinski definition) is 4. The first-order valence-corrected chi connectivity index (χ1v) is 8.48. The van der Waals surface area contributed by atoms with Crippen LogP contribution < -0.4 is 0 Å². The molecule has 17 heavy (non-hydrogen) atoms. The Hall–Kier alpha value is 0.0569. The van der Waals surface area contributed by atoms with Crippen LogP contribution in [0.1, 0.15) is 12.8 Å². The molecule has 0 amide bonds. The van der Waals surface area contributed by atoms with Crippen LogP contribution >= 0.6 is 0 Å². The van der Waals surface area contributed by atoms with Gasteiger partial charge in [0.15, 0.2) is 6.29 Å². The fourth-order valence-electron chi connectivity index (χ4n) is 1.61. The molecule has 0 saturated carbocycles. The second-order valence-corrected chi connectivity index (χ2v) is 6.51. The molecule has 0 atom stereocenters. The highest BCUT2D eigenvalue weighted by atomic mass is 28.2. The Balaban J connectivity index is 3.08. The van der Waals surface area contributed by atoms with Crippen LogP contribution in [-0.4, -0.2) is 68.8 Å². The first-order chi connectivity index (χ1) is 8.20. The van der Waals surface area contributed by atoms with Gasteiger partial charge in [-0.05, 0) is 39.5 Å². The van der Waals surface area contributed by atoms with Crippen molar-refractivity contribution in [3.8, 4) is 0 Å². The molecule has 0 aromatic heterocycles. The number of nitrogens with zero attached hydrogens (tertiary/aromatic N) is 1. The Morgan fingerprint density at radius 2 is 1.71 bits per heavy atom. The monoisotopic (exact) mass is 263 g/mol. The van der Waals surface area contributed by atoms with Gasteiger partial charge in [-0.25, -0.2) is 0 Å². The average Bonchev–Trinajstić information content (AvgIpc) is 2.31. The summed E-state index contributed by atoms with van der Waals surface area (Å²) < 4.78 is 15.9. The number of rotatable bonds is 12. The normalized spacial score (nSPS) is 12.4. The molecule has 0 radical (unpaired) electrons. The largest absolute Gasteiger partial charge is 0.381 e. The summed E-state index contributed by atoms with van der Waals surface area (Å²) in [6.07, 6.45) is 2.33. The zero-order valence-electron chi connectivity index (χ0n) is 11.9. The molecule has 0 aliphatic rings. The SMILES string of the molecule is COC(C[SiH2]CCCOCCCN(C)C)OC. The molecule has 0 N–H and O–H groups in total. The number of hydrogen-bond donors (Lipinski definition) is 0. The van der Waals surface area contributed by atoms with Gasteiger partial charge in [-0.15, -0.1) is 0 Å². The van der Waals surface area contributed by atoms with E-state index >= 15 is 0 Å². The predicted octanol–water partition coefficient (Wildman–Crippen LogP) is 0.969. The predicted molar refractivity (Wildman–Crippen MR) is 74.6 cm³/mol. The van der Waals surface area contributed by atoms with Gasteiger partial charge in [-0.3, -0.25) is 0 Å². The lowest BCUT2D eigenvalue weighted by molar-refractivity contribution is -0.0876. The van der Waals surface area contributed by atoms with Gasteiger partial charge < -0.3 is 19.1 Å². The van der Waals surface area contributed by atoms with E-state index in [1.807, 2.05) is 0 Å². The van der Waals surface area contributed by atoms with Crippen molar-refractivity contribution >= 4 is 9.52 Å². The number of ether oxygens (including phenoxy) is 3. The summed E-state index contributed by atoms with van der Waals surface area (Å²) in [5, 5.41) is 0. The number of methoxy groups -OCH3 is 2. The Kier molecular flexibility index (Phi) is 12.6. The van der Waals surface area contributed by atoms with Crippen molar-refractivity contribution in [1.29, 1.82) is 0 Å². The minimum Gasteiger partial charge on any atom is -0.381 e. The van der Waals surface area contributed by atoms with E-state index in [4.69, 9.17) is 14.2 Å². The highest BCUT2D eigenvalue weighted by Crippen LogP contribution is 2.01. The third-order valence-electron chi connectivity index (χ3n) is 2.65. The summed E-state index contributed by atoms with van der Waals surface area (Å²) in [5.74, 6) is 0. The molecule has 0 rings (SSSR count). The van der Waals surface area contributed by atoms with Crippen molar-refractivity contribution in [2.45, 2.75) is 31.2 Å². The zero-order valence-corrected chi connectivity index (χ0v) is 13.3.